The minimum atomic E-state index is -0.169. The number of methoxy groups -OCH3 is 1. The third-order valence-corrected chi connectivity index (χ3v) is 3.02. The van der Waals surface area contributed by atoms with Crippen LogP contribution in [0.5, 0.6) is 0 Å². The first-order valence-corrected chi connectivity index (χ1v) is 5.57. The van der Waals surface area contributed by atoms with Crippen molar-refractivity contribution in [1.29, 1.82) is 0 Å². The lowest BCUT2D eigenvalue weighted by molar-refractivity contribution is -0.158. The highest BCUT2D eigenvalue weighted by molar-refractivity contribution is 5.48. The van der Waals surface area contributed by atoms with Gasteiger partial charge in [-0.25, -0.2) is 0 Å². The van der Waals surface area contributed by atoms with E-state index in [0.29, 0.717) is 6.04 Å². The summed E-state index contributed by atoms with van der Waals surface area (Å²) >= 11 is 0. The Morgan fingerprint density at radius 2 is 2.13 bits per heavy atom. The molecule has 86 valence electrons. The summed E-state index contributed by atoms with van der Waals surface area (Å²) in [4.78, 5) is 15.1. The Hall–Kier alpha value is -0.650. The SMILES string of the molecule is COC(N1CCNCC1)N(C=O)C1CC1. The molecule has 1 unspecified atom stereocenters. The standard InChI is InChI=1S/C10H19N3O2/c1-15-10(12-6-4-11-5-7-12)13(8-14)9-2-3-9/h8-11H,2-7H2,1H3. The summed E-state index contributed by atoms with van der Waals surface area (Å²) < 4.78 is 5.44. The van der Waals surface area contributed by atoms with Crippen molar-refractivity contribution in [3.8, 4) is 0 Å². The van der Waals surface area contributed by atoms with E-state index >= 15 is 0 Å². The molecule has 5 heteroatoms. The average Bonchev–Trinajstić information content (AvgIpc) is 3.11. The number of nitrogens with zero attached hydrogens (tertiary/aromatic N) is 2. The van der Waals surface area contributed by atoms with Gasteiger partial charge in [0.25, 0.3) is 0 Å². The molecule has 0 spiro atoms. The van der Waals surface area contributed by atoms with Gasteiger partial charge in [-0.05, 0) is 12.8 Å². The Balaban J connectivity index is 1.96. The lowest BCUT2D eigenvalue weighted by Gasteiger charge is -2.38. The van der Waals surface area contributed by atoms with Gasteiger partial charge in [0.05, 0.1) is 0 Å². The van der Waals surface area contributed by atoms with E-state index in [0.717, 1.165) is 45.4 Å². The van der Waals surface area contributed by atoms with E-state index < -0.39 is 0 Å². The fourth-order valence-electron chi connectivity index (χ4n) is 2.05. The topological polar surface area (TPSA) is 44.8 Å². The predicted octanol–water partition coefficient (Wildman–Crippen LogP) is -0.558. The first-order chi connectivity index (χ1) is 7.36. The zero-order valence-corrected chi connectivity index (χ0v) is 9.19. The van der Waals surface area contributed by atoms with E-state index in [-0.39, 0.29) is 6.35 Å². The molecular weight excluding hydrogens is 194 g/mol. The summed E-state index contributed by atoms with van der Waals surface area (Å²) in [6.07, 6.45) is 2.99. The van der Waals surface area contributed by atoms with Crippen molar-refractivity contribution < 1.29 is 9.53 Å². The second-order valence-corrected chi connectivity index (χ2v) is 4.13. The van der Waals surface area contributed by atoms with Crippen LogP contribution in [0.25, 0.3) is 0 Å². The van der Waals surface area contributed by atoms with E-state index in [1.807, 2.05) is 4.90 Å². The fourth-order valence-corrected chi connectivity index (χ4v) is 2.05. The van der Waals surface area contributed by atoms with Crippen LogP contribution in [0.3, 0.4) is 0 Å². The predicted molar refractivity (Wildman–Crippen MR) is 56.2 cm³/mol. The molecule has 0 aromatic carbocycles. The van der Waals surface area contributed by atoms with Crippen LogP contribution < -0.4 is 5.32 Å². The number of piperazine rings is 1. The fraction of sp³-hybridized carbons (Fsp3) is 0.900. The lowest BCUT2D eigenvalue weighted by atomic mass is 10.3. The molecule has 1 saturated heterocycles. The summed E-state index contributed by atoms with van der Waals surface area (Å²) in [5.41, 5.74) is 0. The summed E-state index contributed by atoms with van der Waals surface area (Å²) in [6.45, 7) is 3.82. The Kier molecular flexibility index (Phi) is 3.56. The van der Waals surface area contributed by atoms with Gasteiger partial charge in [0.15, 0.2) is 6.35 Å². The zero-order chi connectivity index (χ0) is 10.7. The maximum absolute atomic E-state index is 11.0. The highest BCUT2D eigenvalue weighted by atomic mass is 16.5. The third-order valence-electron chi connectivity index (χ3n) is 3.02. The maximum atomic E-state index is 11.0. The Labute approximate surface area is 90.4 Å². The lowest BCUT2D eigenvalue weighted by Crippen LogP contribution is -2.56. The largest absolute Gasteiger partial charge is 0.348 e. The molecular formula is C10H19N3O2. The van der Waals surface area contributed by atoms with E-state index in [1.165, 1.54) is 0 Å². The number of hydrogen-bond acceptors (Lipinski definition) is 4. The number of rotatable bonds is 5. The summed E-state index contributed by atoms with van der Waals surface area (Å²) in [6, 6.07) is 0.405. The summed E-state index contributed by atoms with van der Waals surface area (Å²) in [5, 5.41) is 3.29. The van der Waals surface area contributed by atoms with E-state index in [2.05, 4.69) is 10.2 Å². The molecule has 1 atom stereocenters. The first-order valence-electron chi connectivity index (χ1n) is 5.57. The van der Waals surface area contributed by atoms with Crippen molar-refractivity contribution in [2.75, 3.05) is 33.3 Å². The first kappa shape index (κ1) is 10.9. The molecule has 2 rings (SSSR count). The number of nitrogens with one attached hydrogen (secondary N) is 1. The molecule has 1 aliphatic heterocycles. The molecule has 1 saturated carbocycles. The minimum Gasteiger partial charge on any atom is -0.348 e. The number of carbonyl (C=O) groups excluding carboxylic acids is 1. The number of carbonyl (C=O) groups is 1. The van der Waals surface area contributed by atoms with E-state index in [4.69, 9.17) is 4.74 Å². The van der Waals surface area contributed by atoms with Crippen molar-refractivity contribution in [1.82, 2.24) is 15.1 Å². The second-order valence-electron chi connectivity index (χ2n) is 4.13. The number of ether oxygens (including phenoxy) is 1. The highest BCUT2D eigenvalue weighted by Crippen LogP contribution is 2.28. The molecule has 1 N–H and O–H groups in total. The van der Waals surface area contributed by atoms with Crippen molar-refractivity contribution in [2.24, 2.45) is 0 Å². The van der Waals surface area contributed by atoms with Gasteiger partial charge in [0.1, 0.15) is 0 Å². The highest BCUT2D eigenvalue weighted by Gasteiger charge is 2.36. The Morgan fingerprint density at radius 1 is 1.47 bits per heavy atom. The van der Waals surface area contributed by atoms with Crippen LogP contribution in [0.4, 0.5) is 0 Å². The monoisotopic (exact) mass is 213 g/mol. The molecule has 0 bridgehead atoms. The van der Waals surface area contributed by atoms with Crippen LogP contribution in [0.1, 0.15) is 12.8 Å². The maximum Gasteiger partial charge on any atom is 0.213 e. The van der Waals surface area contributed by atoms with Crippen molar-refractivity contribution >= 4 is 6.41 Å². The van der Waals surface area contributed by atoms with Crippen molar-refractivity contribution in [3.05, 3.63) is 0 Å². The van der Waals surface area contributed by atoms with Gasteiger partial charge >= 0.3 is 0 Å². The van der Waals surface area contributed by atoms with E-state index in [1.54, 1.807) is 7.11 Å². The van der Waals surface area contributed by atoms with Crippen LogP contribution in [0.2, 0.25) is 0 Å². The number of amides is 1. The van der Waals surface area contributed by atoms with Crippen LogP contribution in [-0.4, -0.2) is 61.9 Å². The molecule has 5 nitrogen and oxygen atoms in total. The van der Waals surface area contributed by atoms with Crippen LogP contribution in [0, 0.1) is 0 Å². The zero-order valence-electron chi connectivity index (χ0n) is 9.19. The smallest absolute Gasteiger partial charge is 0.213 e. The van der Waals surface area contributed by atoms with E-state index in [9.17, 15) is 4.79 Å². The molecule has 0 aromatic rings. The van der Waals surface area contributed by atoms with Gasteiger partial charge in [-0.15, -0.1) is 0 Å². The number of hydrogen-bond donors (Lipinski definition) is 1. The third kappa shape index (κ3) is 2.48. The molecule has 1 amide bonds. The quantitative estimate of drug-likeness (QED) is 0.491. The Bertz CT molecular complexity index is 215. The van der Waals surface area contributed by atoms with Crippen molar-refractivity contribution in [2.45, 2.75) is 25.2 Å². The van der Waals surface area contributed by atoms with Gasteiger partial charge < -0.3 is 15.0 Å². The molecule has 1 heterocycles. The van der Waals surface area contributed by atoms with Gasteiger partial charge in [-0.3, -0.25) is 9.69 Å². The molecule has 0 radical (unpaired) electrons. The molecule has 1 aliphatic carbocycles. The van der Waals surface area contributed by atoms with Crippen LogP contribution >= 0.6 is 0 Å². The molecule has 0 aromatic heterocycles. The van der Waals surface area contributed by atoms with Gasteiger partial charge in [-0.2, -0.15) is 0 Å². The second kappa shape index (κ2) is 4.92. The summed E-state index contributed by atoms with van der Waals surface area (Å²) in [7, 11) is 1.67. The average molecular weight is 213 g/mol. The molecule has 2 aliphatic rings. The van der Waals surface area contributed by atoms with Gasteiger partial charge in [0.2, 0.25) is 6.41 Å². The van der Waals surface area contributed by atoms with Crippen molar-refractivity contribution in [3.63, 3.8) is 0 Å². The minimum absolute atomic E-state index is 0.169. The molecule has 2 fully saturated rings. The summed E-state index contributed by atoms with van der Waals surface area (Å²) in [5.74, 6) is 0. The van der Waals surface area contributed by atoms with Crippen LogP contribution in [0.15, 0.2) is 0 Å². The van der Waals surface area contributed by atoms with Gasteiger partial charge in [0, 0.05) is 39.3 Å². The normalized spacial score (nSPS) is 24.9. The Morgan fingerprint density at radius 3 is 2.60 bits per heavy atom. The van der Waals surface area contributed by atoms with Crippen LogP contribution in [-0.2, 0) is 9.53 Å². The molecule has 15 heavy (non-hydrogen) atoms. The van der Waals surface area contributed by atoms with Gasteiger partial charge in [-0.1, -0.05) is 0 Å².